The molecule has 0 amide bonds. The highest BCUT2D eigenvalue weighted by molar-refractivity contribution is 9.10. The SMILES string of the molecule is COc1cc(Br)cc(NCc2cn(C)nc2C(C)(C)C)c1. The number of hydrogen-bond acceptors (Lipinski definition) is 3. The Morgan fingerprint density at radius 1 is 1.29 bits per heavy atom. The minimum absolute atomic E-state index is 0.0350. The third-order valence-electron chi connectivity index (χ3n) is 3.20. The number of aryl methyl sites for hydroxylation is 1. The van der Waals surface area contributed by atoms with E-state index in [0.717, 1.165) is 28.1 Å². The van der Waals surface area contributed by atoms with Gasteiger partial charge in [0.15, 0.2) is 0 Å². The Bertz CT molecular complexity index is 629. The van der Waals surface area contributed by atoms with Crippen molar-refractivity contribution >= 4 is 21.6 Å². The van der Waals surface area contributed by atoms with E-state index in [-0.39, 0.29) is 5.41 Å². The first kappa shape index (κ1) is 15.9. The lowest BCUT2D eigenvalue weighted by Crippen LogP contribution is -2.16. The summed E-state index contributed by atoms with van der Waals surface area (Å²) in [6.45, 7) is 7.28. The van der Waals surface area contributed by atoms with Gasteiger partial charge in [0.2, 0.25) is 0 Å². The van der Waals surface area contributed by atoms with E-state index in [2.05, 4.69) is 53.3 Å². The van der Waals surface area contributed by atoms with Crippen molar-refractivity contribution in [2.75, 3.05) is 12.4 Å². The molecule has 21 heavy (non-hydrogen) atoms. The highest BCUT2D eigenvalue weighted by Gasteiger charge is 2.21. The van der Waals surface area contributed by atoms with Crippen molar-refractivity contribution in [1.29, 1.82) is 0 Å². The summed E-state index contributed by atoms with van der Waals surface area (Å²) in [4.78, 5) is 0. The smallest absolute Gasteiger partial charge is 0.122 e. The highest BCUT2D eigenvalue weighted by atomic mass is 79.9. The summed E-state index contributed by atoms with van der Waals surface area (Å²) in [7, 11) is 3.63. The molecule has 0 fully saturated rings. The predicted octanol–water partition coefficient (Wildman–Crippen LogP) is 4.10. The zero-order valence-corrected chi connectivity index (χ0v) is 14.8. The van der Waals surface area contributed by atoms with Crippen LogP contribution < -0.4 is 10.1 Å². The summed E-state index contributed by atoms with van der Waals surface area (Å²) in [5.41, 5.74) is 3.39. The van der Waals surface area contributed by atoms with Gasteiger partial charge in [-0.15, -0.1) is 0 Å². The average Bonchev–Trinajstić information content (AvgIpc) is 2.77. The first-order valence-electron chi connectivity index (χ1n) is 6.91. The summed E-state index contributed by atoms with van der Waals surface area (Å²) in [5, 5.41) is 8.03. The van der Waals surface area contributed by atoms with Crippen LogP contribution in [0.1, 0.15) is 32.0 Å². The van der Waals surface area contributed by atoms with Gasteiger partial charge in [-0.3, -0.25) is 4.68 Å². The number of rotatable bonds is 4. The van der Waals surface area contributed by atoms with Crippen LogP contribution in [-0.4, -0.2) is 16.9 Å². The van der Waals surface area contributed by atoms with Crippen LogP contribution >= 0.6 is 15.9 Å². The summed E-state index contributed by atoms with van der Waals surface area (Å²) in [6, 6.07) is 5.96. The van der Waals surface area contributed by atoms with Crippen LogP contribution in [-0.2, 0) is 19.0 Å². The maximum Gasteiger partial charge on any atom is 0.122 e. The van der Waals surface area contributed by atoms with Gasteiger partial charge in [-0.2, -0.15) is 5.10 Å². The van der Waals surface area contributed by atoms with Crippen molar-refractivity contribution < 1.29 is 4.74 Å². The van der Waals surface area contributed by atoms with Crippen molar-refractivity contribution in [2.45, 2.75) is 32.7 Å². The molecule has 1 aromatic carbocycles. The number of nitrogens with zero attached hydrogens (tertiary/aromatic N) is 2. The number of aromatic nitrogens is 2. The van der Waals surface area contributed by atoms with Gasteiger partial charge < -0.3 is 10.1 Å². The largest absolute Gasteiger partial charge is 0.497 e. The van der Waals surface area contributed by atoms with Crippen LogP contribution in [0, 0.1) is 0 Å². The molecule has 1 aromatic heterocycles. The second-order valence-corrected chi connectivity index (χ2v) is 7.08. The summed E-state index contributed by atoms with van der Waals surface area (Å²) < 4.78 is 8.15. The van der Waals surface area contributed by atoms with Crippen LogP contribution in [0.5, 0.6) is 5.75 Å². The molecule has 0 spiro atoms. The molecular formula is C16H22BrN3O. The molecule has 114 valence electrons. The normalized spacial score (nSPS) is 11.5. The van der Waals surface area contributed by atoms with Gasteiger partial charge in [-0.25, -0.2) is 0 Å². The number of anilines is 1. The van der Waals surface area contributed by atoms with Crippen molar-refractivity contribution in [1.82, 2.24) is 9.78 Å². The predicted molar refractivity (Wildman–Crippen MR) is 89.9 cm³/mol. The van der Waals surface area contributed by atoms with Crippen LogP contribution in [0.3, 0.4) is 0 Å². The van der Waals surface area contributed by atoms with Gasteiger partial charge >= 0.3 is 0 Å². The van der Waals surface area contributed by atoms with Gasteiger partial charge in [0.05, 0.1) is 12.8 Å². The fourth-order valence-corrected chi connectivity index (χ4v) is 2.75. The minimum atomic E-state index is 0.0350. The van der Waals surface area contributed by atoms with E-state index < -0.39 is 0 Å². The van der Waals surface area contributed by atoms with E-state index in [4.69, 9.17) is 4.74 Å². The number of benzene rings is 1. The monoisotopic (exact) mass is 351 g/mol. The number of ether oxygens (including phenoxy) is 1. The second kappa shape index (κ2) is 6.10. The van der Waals surface area contributed by atoms with Crippen LogP contribution in [0.4, 0.5) is 5.69 Å². The molecule has 0 unspecified atom stereocenters. The van der Waals surface area contributed by atoms with Crippen LogP contribution in [0.25, 0.3) is 0 Å². The number of hydrogen-bond donors (Lipinski definition) is 1. The summed E-state index contributed by atoms with van der Waals surface area (Å²) >= 11 is 3.49. The number of nitrogens with one attached hydrogen (secondary N) is 1. The molecule has 0 bridgehead atoms. The summed E-state index contributed by atoms with van der Waals surface area (Å²) in [5.74, 6) is 0.828. The maximum atomic E-state index is 5.28. The molecule has 1 N–H and O–H groups in total. The Kier molecular flexibility index (Phi) is 4.61. The Morgan fingerprint density at radius 2 is 2.00 bits per heavy atom. The van der Waals surface area contributed by atoms with Crippen molar-refractivity contribution in [3.05, 3.63) is 40.1 Å². The second-order valence-electron chi connectivity index (χ2n) is 6.16. The zero-order chi connectivity index (χ0) is 15.6. The minimum Gasteiger partial charge on any atom is -0.497 e. The van der Waals surface area contributed by atoms with Crippen molar-refractivity contribution in [3.8, 4) is 5.75 Å². The van der Waals surface area contributed by atoms with Crippen LogP contribution in [0.2, 0.25) is 0 Å². The van der Waals surface area contributed by atoms with E-state index in [1.54, 1.807) is 7.11 Å². The van der Waals surface area contributed by atoms with Gasteiger partial charge in [0.25, 0.3) is 0 Å². The molecule has 0 radical (unpaired) electrons. The van der Waals surface area contributed by atoms with E-state index >= 15 is 0 Å². The van der Waals surface area contributed by atoms with E-state index in [1.165, 1.54) is 5.56 Å². The molecule has 0 saturated heterocycles. The van der Waals surface area contributed by atoms with Crippen molar-refractivity contribution in [2.24, 2.45) is 7.05 Å². The lowest BCUT2D eigenvalue weighted by molar-refractivity contribution is 0.414. The van der Waals surface area contributed by atoms with Gasteiger partial charge in [-0.05, 0) is 12.1 Å². The molecule has 4 nitrogen and oxygen atoms in total. The number of halogens is 1. The molecular weight excluding hydrogens is 330 g/mol. The Balaban J connectivity index is 2.19. The van der Waals surface area contributed by atoms with E-state index in [9.17, 15) is 0 Å². The zero-order valence-electron chi connectivity index (χ0n) is 13.2. The van der Waals surface area contributed by atoms with Gasteiger partial charge in [0.1, 0.15) is 5.75 Å². The molecule has 0 aliphatic carbocycles. The fourth-order valence-electron chi connectivity index (χ4n) is 2.28. The molecule has 2 rings (SSSR count). The Morgan fingerprint density at radius 3 is 2.62 bits per heavy atom. The molecule has 0 atom stereocenters. The fraction of sp³-hybridized carbons (Fsp3) is 0.438. The molecule has 2 aromatic rings. The Labute approximate surface area is 134 Å². The first-order valence-corrected chi connectivity index (χ1v) is 7.70. The average molecular weight is 352 g/mol. The number of methoxy groups -OCH3 is 1. The van der Waals surface area contributed by atoms with Crippen LogP contribution in [0.15, 0.2) is 28.9 Å². The lowest BCUT2D eigenvalue weighted by atomic mass is 9.89. The third-order valence-corrected chi connectivity index (χ3v) is 3.66. The van der Waals surface area contributed by atoms with Gasteiger partial charge in [-0.1, -0.05) is 36.7 Å². The first-order chi connectivity index (χ1) is 9.79. The van der Waals surface area contributed by atoms with E-state index in [1.807, 2.05) is 29.9 Å². The quantitative estimate of drug-likeness (QED) is 0.900. The third kappa shape index (κ3) is 4.00. The maximum absolute atomic E-state index is 5.28. The Hall–Kier alpha value is -1.49. The van der Waals surface area contributed by atoms with Gasteiger partial charge in [0, 0.05) is 47.0 Å². The topological polar surface area (TPSA) is 39.1 Å². The lowest BCUT2D eigenvalue weighted by Gasteiger charge is -2.18. The molecule has 5 heteroatoms. The molecule has 0 saturated carbocycles. The molecule has 0 aliphatic rings. The standard InChI is InChI=1S/C16H22BrN3O/c1-16(2,3)15-11(10-20(4)19-15)9-18-13-6-12(17)7-14(8-13)21-5/h6-8,10,18H,9H2,1-5H3. The van der Waals surface area contributed by atoms with E-state index in [0.29, 0.717) is 0 Å². The van der Waals surface area contributed by atoms with Crippen molar-refractivity contribution in [3.63, 3.8) is 0 Å². The molecule has 1 heterocycles. The summed E-state index contributed by atoms with van der Waals surface area (Å²) in [6.07, 6.45) is 2.07. The highest BCUT2D eigenvalue weighted by Crippen LogP contribution is 2.27. The molecule has 0 aliphatic heterocycles.